The Hall–Kier alpha value is -2.38. The quantitative estimate of drug-likeness (QED) is 0.425. The van der Waals surface area contributed by atoms with Crippen LogP contribution < -0.4 is 0 Å². The Morgan fingerprint density at radius 2 is 1.92 bits per heavy atom. The van der Waals surface area contributed by atoms with E-state index in [0.29, 0.717) is 12.0 Å². The molecule has 3 rings (SSSR count). The zero-order chi connectivity index (χ0) is 17.8. The van der Waals surface area contributed by atoms with Gasteiger partial charge < -0.3 is 0 Å². The van der Waals surface area contributed by atoms with Crippen molar-refractivity contribution in [2.24, 2.45) is 11.8 Å². The van der Waals surface area contributed by atoms with Crippen molar-refractivity contribution in [2.45, 2.75) is 24.2 Å². The van der Waals surface area contributed by atoms with Crippen LogP contribution in [-0.4, -0.2) is 17.8 Å². The predicted molar refractivity (Wildman–Crippen MR) is 98.6 cm³/mol. The van der Waals surface area contributed by atoms with Gasteiger partial charge in [-0.2, -0.15) is 5.26 Å². The Labute approximate surface area is 152 Å². The molecule has 1 fully saturated rings. The van der Waals surface area contributed by atoms with E-state index in [1.54, 1.807) is 17.8 Å². The molecule has 4 heteroatoms. The molecule has 1 saturated carbocycles. The largest absolute Gasteiger partial charge is 0.297 e. The number of Topliss-reactive ketones (excluding diaryl/α,β-unsaturated/α-hetero) is 2. The number of carbonyl (C=O) groups excluding carboxylic acids is 2. The minimum atomic E-state index is -1.18. The lowest BCUT2D eigenvalue weighted by Crippen LogP contribution is -2.25. The van der Waals surface area contributed by atoms with Gasteiger partial charge in [0.25, 0.3) is 0 Å². The molecule has 0 aliphatic heterocycles. The fourth-order valence-electron chi connectivity index (χ4n) is 2.91. The van der Waals surface area contributed by atoms with E-state index in [2.05, 4.69) is 0 Å². The summed E-state index contributed by atoms with van der Waals surface area (Å²) >= 11 is 1.61. The zero-order valence-corrected chi connectivity index (χ0v) is 14.9. The van der Waals surface area contributed by atoms with Gasteiger partial charge in [0.1, 0.15) is 0 Å². The molecule has 0 saturated heterocycles. The molecule has 2 aromatic rings. The Kier molecular flexibility index (Phi) is 5.35. The lowest BCUT2D eigenvalue weighted by atomic mass is 9.88. The topological polar surface area (TPSA) is 57.9 Å². The number of hydrogen-bond donors (Lipinski definition) is 0. The van der Waals surface area contributed by atoms with Crippen LogP contribution in [-0.2, 0) is 11.2 Å². The van der Waals surface area contributed by atoms with Crippen LogP contribution in [0.15, 0.2) is 53.4 Å². The maximum absolute atomic E-state index is 12.9. The molecule has 1 aliphatic rings. The highest BCUT2D eigenvalue weighted by Gasteiger charge is 2.39. The van der Waals surface area contributed by atoms with Gasteiger partial charge in [-0.25, -0.2) is 0 Å². The molecule has 0 radical (unpaired) electrons. The fraction of sp³-hybridized carbons (Fsp3) is 0.286. The number of ketones is 2. The predicted octanol–water partition coefficient (Wildman–Crippen LogP) is 4.30. The van der Waals surface area contributed by atoms with Gasteiger partial charge in [0, 0.05) is 16.4 Å². The third-order valence-electron chi connectivity index (χ3n) is 4.47. The molecule has 126 valence electrons. The SMILES string of the molecule is CSc1ccc(C(=O)C(C#N)C(=O)C2CC2)c(Cc2ccccc2)c1. The number of nitriles is 1. The van der Waals surface area contributed by atoms with E-state index >= 15 is 0 Å². The first-order chi connectivity index (χ1) is 12.1. The molecule has 0 bridgehead atoms. The van der Waals surface area contributed by atoms with Crippen LogP contribution in [0.1, 0.15) is 34.3 Å². The van der Waals surface area contributed by atoms with Crippen LogP contribution in [0.2, 0.25) is 0 Å². The van der Waals surface area contributed by atoms with Crippen molar-refractivity contribution in [1.29, 1.82) is 5.26 Å². The van der Waals surface area contributed by atoms with Gasteiger partial charge in [0.2, 0.25) is 0 Å². The van der Waals surface area contributed by atoms with Gasteiger partial charge >= 0.3 is 0 Å². The Balaban J connectivity index is 1.95. The minimum Gasteiger partial charge on any atom is -0.297 e. The molecule has 0 N–H and O–H groups in total. The van der Waals surface area contributed by atoms with Crippen molar-refractivity contribution in [2.75, 3.05) is 6.26 Å². The molecule has 25 heavy (non-hydrogen) atoms. The second kappa shape index (κ2) is 7.67. The van der Waals surface area contributed by atoms with Crippen LogP contribution in [0, 0.1) is 23.2 Å². The van der Waals surface area contributed by atoms with E-state index in [9.17, 15) is 14.9 Å². The third kappa shape index (κ3) is 4.00. The maximum atomic E-state index is 12.9. The van der Waals surface area contributed by atoms with Crippen molar-refractivity contribution < 1.29 is 9.59 Å². The van der Waals surface area contributed by atoms with E-state index in [0.717, 1.165) is 28.9 Å². The van der Waals surface area contributed by atoms with Crippen molar-refractivity contribution in [3.8, 4) is 6.07 Å². The van der Waals surface area contributed by atoms with Crippen LogP contribution in [0.4, 0.5) is 0 Å². The van der Waals surface area contributed by atoms with Gasteiger partial charge in [-0.3, -0.25) is 9.59 Å². The Morgan fingerprint density at radius 3 is 2.52 bits per heavy atom. The third-order valence-corrected chi connectivity index (χ3v) is 5.20. The second-order valence-corrected chi connectivity index (χ2v) is 7.17. The van der Waals surface area contributed by atoms with Crippen LogP contribution in [0.3, 0.4) is 0 Å². The summed E-state index contributed by atoms with van der Waals surface area (Å²) in [5.74, 6) is -1.86. The number of rotatable bonds is 7. The summed E-state index contributed by atoms with van der Waals surface area (Å²) < 4.78 is 0. The maximum Gasteiger partial charge on any atom is 0.187 e. The van der Waals surface area contributed by atoms with E-state index in [4.69, 9.17) is 0 Å². The molecule has 0 heterocycles. The first-order valence-electron chi connectivity index (χ1n) is 8.32. The van der Waals surface area contributed by atoms with Gasteiger partial charge in [-0.15, -0.1) is 11.8 Å². The molecule has 2 aromatic carbocycles. The monoisotopic (exact) mass is 349 g/mol. The first-order valence-corrected chi connectivity index (χ1v) is 9.55. The average molecular weight is 349 g/mol. The van der Waals surface area contributed by atoms with Gasteiger partial charge in [-0.1, -0.05) is 30.3 Å². The highest BCUT2D eigenvalue weighted by atomic mass is 32.2. The highest BCUT2D eigenvalue weighted by molar-refractivity contribution is 7.98. The molecule has 0 amide bonds. The lowest BCUT2D eigenvalue weighted by molar-refractivity contribution is -0.121. The summed E-state index contributed by atoms with van der Waals surface area (Å²) in [6.07, 6.45) is 4.18. The molecule has 1 atom stereocenters. The summed E-state index contributed by atoms with van der Waals surface area (Å²) in [6.45, 7) is 0. The summed E-state index contributed by atoms with van der Waals surface area (Å²) in [7, 11) is 0. The fourth-order valence-corrected chi connectivity index (χ4v) is 3.37. The summed E-state index contributed by atoms with van der Waals surface area (Å²) in [5.41, 5.74) is 2.45. The van der Waals surface area contributed by atoms with E-state index in [1.165, 1.54) is 0 Å². The number of thioether (sulfide) groups is 1. The zero-order valence-electron chi connectivity index (χ0n) is 14.1. The van der Waals surface area contributed by atoms with Crippen LogP contribution >= 0.6 is 11.8 Å². The standard InChI is InChI=1S/C21H19NO2S/c1-25-17-9-10-18(16(12-17)11-14-5-3-2-4-6-14)21(24)19(13-22)20(23)15-7-8-15/h2-6,9-10,12,15,19H,7-8,11H2,1H3. The van der Waals surface area contributed by atoms with Crippen molar-refractivity contribution >= 4 is 23.3 Å². The molecule has 0 aromatic heterocycles. The van der Waals surface area contributed by atoms with E-state index in [-0.39, 0.29) is 17.5 Å². The minimum absolute atomic E-state index is 0.100. The molecule has 1 unspecified atom stereocenters. The smallest absolute Gasteiger partial charge is 0.187 e. The number of hydrogen-bond acceptors (Lipinski definition) is 4. The number of carbonyl (C=O) groups is 2. The number of nitrogens with zero attached hydrogens (tertiary/aromatic N) is 1. The normalized spacial score (nSPS) is 14.6. The van der Waals surface area contributed by atoms with Gasteiger partial charge in [0.15, 0.2) is 17.5 Å². The Bertz CT molecular complexity index is 835. The lowest BCUT2D eigenvalue weighted by Gasteiger charge is -2.13. The highest BCUT2D eigenvalue weighted by Crippen LogP contribution is 2.34. The van der Waals surface area contributed by atoms with Crippen molar-refractivity contribution in [3.05, 3.63) is 65.2 Å². The number of benzene rings is 2. The molecular formula is C21H19NO2S. The van der Waals surface area contributed by atoms with E-state index < -0.39 is 5.92 Å². The summed E-state index contributed by atoms with van der Waals surface area (Å²) in [4.78, 5) is 26.3. The summed E-state index contributed by atoms with van der Waals surface area (Å²) in [5, 5.41) is 9.39. The van der Waals surface area contributed by atoms with E-state index in [1.807, 2.05) is 54.8 Å². The summed E-state index contributed by atoms with van der Waals surface area (Å²) in [6, 6.07) is 17.5. The van der Waals surface area contributed by atoms with Gasteiger partial charge in [0.05, 0.1) is 6.07 Å². The molecular weight excluding hydrogens is 330 g/mol. The van der Waals surface area contributed by atoms with Crippen LogP contribution in [0.25, 0.3) is 0 Å². The van der Waals surface area contributed by atoms with Crippen molar-refractivity contribution in [3.63, 3.8) is 0 Å². The van der Waals surface area contributed by atoms with Crippen molar-refractivity contribution in [1.82, 2.24) is 0 Å². The molecule has 3 nitrogen and oxygen atoms in total. The van der Waals surface area contributed by atoms with Gasteiger partial charge in [-0.05, 0) is 54.8 Å². The average Bonchev–Trinajstić information content (AvgIpc) is 3.48. The molecule has 1 aliphatic carbocycles. The first kappa shape index (κ1) is 17.4. The second-order valence-electron chi connectivity index (χ2n) is 6.29. The van der Waals surface area contributed by atoms with Crippen LogP contribution in [0.5, 0.6) is 0 Å². The Morgan fingerprint density at radius 1 is 1.20 bits per heavy atom. The molecule has 0 spiro atoms.